The van der Waals surface area contributed by atoms with E-state index in [1.54, 1.807) is 11.7 Å². The predicted octanol–water partition coefficient (Wildman–Crippen LogP) is 4.39. The Kier molecular flexibility index (Phi) is 7.05. The molecule has 0 unspecified atom stereocenters. The van der Waals surface area contributed by atoms with Gasteiger partial charge < -0.3 is 10.1 Å². The Hall–Kier alpha value is -3.87. The van der Waals surface area contributed by atoms with Gasteiger partial charge in [-0.1, -0.05) is 29.8 Å². The van der Waals surface area contributed by atoms with Gasteiger partial charge in [0.2, 0.25) is 5.91 Å². The normalized spacial score (nSPS) is 11.1. The third-order valence-corrected chi connectivity index (χ3v) is 6.47. The minimum Gasteiger partial charge on any atom is -0.497 e. The van der Waals surface area contributed by atoms with Crippen molar-refractivity contribution in [3.05, 3.63) is 86.8 Å². The van der Waals surface area contributed by atoms with Gasteiger partial charge in [-0.3, -0.25) is 14.2 Å². The highest BCUT2D eigenvalue weighted by atomic mass is 16.5. The first-order chi connectivity index (χ1) is 16.8. The zero-order chi connectivity index (χ0) is 25.1. The molecule has 0 saturated heterocycles. The van der Waals surface area contributed by atoms with Gasteiger partial charge in [-0.2, -0.15) is 5.10 Å². The fourth-order valence-corrected chi connectivity index (χ4v) is 4.50. The van der Waals surface area contributed by atoms with Crippen molar-refractivity contribution >= 4 is 16.9 Å². The van der Waals surface area contributed by atoms with Crippen LogP contribution < -0.4 is 15.6 Å². The number of pyridine rings is 1. The number of hydrogen-bond acceptors (Lipinski definition) is 4. The molecule has 2 aromatic carbocycles. The number of aryl methyl sites for hydroxylation is 4. The lowest BCUT2D eigenvalue weighted by Gasteiger charge is -2.14. The van der Waals surface area contributed by atoms with Gasteiger partial charge in [0.05, 0.1) is 18.5 Å². The van der Waals surface area contributed by atoms with Crippen molar-refractivity contribution in [3.8, 4) is 11.4 Å². The maximum Gasteiger partial charge on any atom is 0.255 e. The molecule has 4 aromatic rings. The number of nitrogens with zero attached hydrogens (tertiary/aromatic N) is 3. The summed E-state index contributed by atoms with van der Waals surface area (Å²) < 4.78 is 8.79. The van der Waals surface area contributed by atoms with Gasteiger partial charge in [0, 0.05) is 30.5 Å². The smallest absolute Gasteiger partial charge is 0.255 e. The molecular formula is C28H32N4O3. The standard InChI is InChI=1S/C28H32N4O3/c1-6-31-27-26(20(4)30-32(27)22-11-7-18(2)8-12-22)19(3)24(28(31)34)15-16-25(33)29-17-21-9-13-23(35-5)14-10-21/h7-14H,6,15-17H2,1-5H3,(H,29,33). The second-order valence-electron chi connectivity index (χ2n) is 8.81. The monoisotopic (exact) mass is 472 g/mol. The van der Waals surface area contributed by atoms with E-state index in [4.69, 9.17) is 9.84 Å². The number of ether oxygens (including phenoxy) is 1. The Labute approximate surface area is 205 Å². The van der Waals surface area contributed by atoms with Crippen LogP contribution in [0.4, 0.5) is 0 Å². The molecule has 1 N–H and O–H groups in total. The highest BCUT2D eigenvalue weighted by Gasteiger charge is 2.21. The highest BCUT2D eigenvalue weighted by molar-refractivity contribution is 5.85. The largest absolute Gasteiger partial charge is 0.497 e. The van der Waals surface area contributed by atoms with E-state index in [-0.39, 0.29) is 17.9 Å². The molecule has 0 aliphatic heterocycles. The summed E-state index contributed by atoms with van der Waals surface area (Å²) in [6.45, 7) is 8.88. The molecule has 0 saturated carbocycles. The number of methoxy groups -OCH3 is 1. The van der Waals surface area contributed by atoms with Crippen molar-refractivity contribution in [1.82, 2.24) is 19.7 Å². The van der Waals surface area contributed by atoms with Crippen LogP contribution in [0.5, 0.6) is 5.75 Å². The first kappa shape index (κ1) is 24.3. The molecule has 0 bridgehead atoms. The molecule has 0 radical (unpaired) electrons. The van der Waals surface area contributed by atoms with Crippen LogP contribution in [0.1, 0.15) is 41.3 Å². The van der Waals surface area contributed by atoms with Crippen LogP contribution in [0.15, 0.2) is 53.3 Å². The molecule has 7 nitrogen and oxygen atoms in total. The van der Waals surface area contributed by atoms with Gasteiger partial charge in [0.25, 0.3) is 5.56 Å². The maximum absolute atomic E-state index is 13.5. The number of aromatic nitrogens is 3. The number of carbonyl (C=O) groups is 1. The topological polar surface area (TPSA) is 78.2 Å². The lowest BCUT2D eigenvalue weighted by molar-refractivity contribution is -0.121. The Morgan fingerprint density at radius 3 is 2.34 bits per heavy atom. The summed E-state index contributed by atoms with van der Waals surface area (Å²) in [6.07, 6.45) is 0.622. The molecule has 0 fully saturated rings. The average molecular weight is 473 g/mol. The van der Waals surface area contributed by atoms with Crippen molar-refractivity contribution in [2.75, 3.05) is 7.11 Å². The number of benzene rings is 2. The first-order valence-corrected chi connectivity index (χ1v) is 11.9. The van der Waals surface area contributed by atoms with Crippen molar-refractivity contribution in [3.63, 3.8) is 0 Å². The Bertz CT molecular complexity index is 1410. The minimum absolute atomic E-state index is 0.0614. The van der Waals surface area contributed by atoms with E-state index in [0.717, 1.165) is 39.3 Å². The predicted molar refractivity (Wildman–Crippen MR) is 138 cm³/mol. The summed E-state index contributed by atoms with van der Waals surface area (Å²) in [5.41, 5.74) is 6.24. The lowest BCUT2D eigenvalue weighted by atomic mass is 10.0. The molecule has 0 spiro atoms. The van der Waals surface area contributed by atoms with Crippen molar-refractivity contribution in [2.45, 2.75) is 53.6 Å². The molecule has 35 heavy (non-hydrogen) atoms. The van der Waals surface area contributed by atoms with Crippen LogP contribution in [-0.4, -0.2) is 27.4 Å². The van der Waals surface area contributed by atoms with Crippen LogP contribution in [0.2, 0.25) is 0 Å². The van der Waals surface area contributed by atoms with Gasteiger partial charge in [-0.25, -0.2) is 4.68 Å². The number of nitrogens with one attached hydrogen (secondary N) is 1. The molecule has 1 amide bonds. The van der Waals surface area contributed by atoms with Crippen LogP contribution in [-0.2, 0) is 24.3 Å². The van der Waals surface area contributed by atoms with E-state index < -0.39 is 0 Å². The Morgan fingerprint density at radius 1 is 1.03 bits per heavy atom. The maximum atomic E-state index is 13.5. The SMILES string of the molecule is CCn1c(=O)c(CCC(=O)NCc2ccc(OC)cc2)c(C)c2c(C)nn(-c3ccc(C)cc3)c21. The average Bonchev–Trinajstić information content (AvgIpc) is 3.20. The molecule has 182 valence electrons. The fourth-order valence-electron chi connectivity index (χ4n) is 4.50. The van der Waals surface area contributed by atoms with Crippen molar-refractivity contribution < 1.29 is 9.53 Å². The van der Waals surface area contributed by atoms with Crippen LogP contribution >= 0.6 is 0 Å². The summed E-state index contributed by atoms with van der Waals surface area (Å²) in [7, 11) is 1.62. The van der Waals surface area contributed by atoms with E-state index >= 15 is 0 Å². The van der Waals surface area contributed by atoms with Crippen LogP contribution in [0, 0.1) is 20.8 Å². The number of rotatable bonds is 8. The molecule has 0 aliphatic rings. The summed E-state index contributed by atoms with van der Waals surface area (Å²) in [5.74, 6) is 0.689. The van der Waals surface area contributed by atoms with E-state index in [9.17, 15) is 9.59 Å². The minimum atomic E-state index is -0.0881. The molecule has 2 heterocycles. The van der Waals surface area contributed by atoms with Gasteiger partial charge in [0.1, 0.15) is 11.4 Å². The molecule has 4 rings (SSSR count). The summed E-state index contributed by atoms with van der Waals surface area (Å²) in [4.78, 5) is 26.1. The second kappa shape index (κ2) is 10.2. The zero-order valence-electron chi connectivity index (χ0n) is 21.0. The van der Waals surface area contributed by atoms with Gasteiger partial charge >= 0.3 is 0 Å². The van der Waals surface area contributed by atoms with E-state index in [2.05, 4.69) is 5.32 Å². The Balaban J connectivity index is 1.59. The third kappa shape index (κ3) is 4.85. The van der Waals surface area contributed by atoms with E-state index in [0.29, 0.717) is 25.1 Å². The summed E-state index contributed by atoms with van der Waals surface area (Å²) >= 11 is 0. The molecular weight excluding hydrogens is 440 g/mol. The summed E-state index contributed by atoms with van der Waals surface area (Å²) in [5, 5.41) is 8.70. The fraction of sp³-hybridized carbons (Fsp3) is 0.321. The van der Waals surface area contributed by atoms with Crippen molar-refractivity contribution in [2.24, 2.45) is 0 Å². The van der Waals surface area contributed by atoms with Gasteiger partial charge in [0.15, 0.2) is 0 Å². The number of carbonyl (C=O) groups excluding carboxylic acids is 1. The van der Waals surface area contributed by atoms with Crippen LogP contribution in [0.25, 0.3) is 16.7 Å². The van der Waals surface area contributed by atoms with Gasteiger partial charge in [-0.05, 0) is 69.5 Å². The number of fused-ring (bicyclic) bond motifs is 1. The lowest BCUT2D eigenvalue weighted by Crippen LogP contribution is -2.28. The van der Waals surface area contributed by atoms with Crippen LogP contribution in [0.3, 0.4) is 0 Å². The van der Waals surface area contributed by atoms with Gasteiger partial charge in [-0.15, -0.1) is 0 Å². The zero-order valence-corrected chi connectivity index (χ0v) is 21.0. The molecule has 0 aliphatic carbocycles. The van der Waals surface area contributed by atoms with E-state index in [1.807, 2.05) is 80.9 Å². The second-order valence-corrected chi connectivity index (χ2v) is 8.81. The molecule has 2 aromatic heterocycles. The highest BCUT2D eigenvalue weighted by Crippen LogP contribution is 2.26. The quantitative estimate of drug-likeness (QED) is 0.413. The third-order valence-electron chi connectivity index (χ3n) is 6.47. The van der Waals surface area contributed by atoms with E-state index in [1.165, 1.54) is 5.56 Å². The number of hydrogen-bond donors (Lipinski definition) is 1. The number of amides is 1. The summed E-state index contributed by atoms with van der Waals surface area (Å²) in [6, 6.07) is 15.7. The molecule has 7 heteroatoms. The molecule has 0 atom stereocenters. The van der Waals surface area contributed by atoms with Crippen molar-refractivity contribution in [1.29, 1.82) is 0 Å². The Morgan fingerprint density at radius 2 is 1.71 bits per heavy atom. The first-order valence-electron chi connectivity index (χ1n) is 11.9.